The number of rotatable bonds is 3. The van der Waals surface area contributed by atoms with Gasteiger partial charge < -0.3 is 10.1 Å². The second-order valence-corrected chi connectivity index (χ2v) is 5.69. The third-order valence-electron chi connectivity index (χ3n) is 3.68. The SMILES string of the molecule is Cc1cc(F)cc(F)c1-c1ccccn1.FCc1n[n-]c(-c2ccccn2)n1.[Ir]. The summed E-state index contributed by atoms with van der Waals surface area (Å²) in [6.45, 7) is 0.968. The molecule has 0 amide bonds. The monoisotopic (exact) mass is 575 g/mol. The maximum absolute atomic E-state index is 13.5. The smallest absolute Gasteiger partial charge is 0.135 e. The van der Waals surface area contributed by atoms with E-state index in [-0.39, 0.29) is 25.9 Å². The number of halogens is 3. The molecular weight excluding hydrogens is 559 g/mol. The van der Waals surface area contributed by atoms with Gasteiger partial charge in [-0.15, -0.1) is 0 Å². The molecule has 4 aromatic rings. The molecule has 0 atom stereocenters. The maximum atomic E-state index is 13.5. The third-order valence-corrected chi connectivity index (χ3v) is 3.68. The molecule has 0 fully saturated rings. The number of hydrogen-bond acceptors (Lipinski definition) is 4. The van der Waals surface area contributed by atoms with Crippen LogP contribution in [0.3, 0.4) is 0 Å². The molecule has 0 N–H and O–H groups in total. The Labute approximate surface area is 178 Å². The van der Waals surface area contributed by atoms with E-state index in [9.17, 15) is 13.2 Å². The summed E-state index contributed by atoms with van der Waals surface area (Å²) in [5.41, 5.74) is 2.03. The molecule has 0 aliphatic heterocycles. The van der Waals surface area contributed by atoms with Crippen molar-refractivity contribution in [1.29, 1.82) is 0 Å². The van der Waals surface area contributed by atoms with Gasteiger partial charge in [0, 0.05) is 44.1 Å². The molecule has 4 rings (SSSR count). The maximum Gasteiger partial charge on any atom is 0.135 e. The van der Waals surface area contributed by atoms with Crippen LogP contribution in [0.1, 0.15) is 11.4 Å². The Balaban J connectivity index is 0.000000202. The van der Waals surface area contributed by atoms with E-state index in [1.54, 1.807) is 49.6 Å². The number of nitrogens with zero attached hydrogens (tertiary/aromatic N) is 5. The van der Waals surface area contributed by atoms with Crippen LogP contribution < -0.4 is 5.10 Å². The molecule has 1 aromatic carbocycles. The van der Waals surface area contributed by atoms with E-state index in [0.29, 0.717) is 28.3 Å². The minimum absolute atomic E-state index is 0. The molecule has 1 radical (unpaired) electrons. The predicted molar refractivity (Wildman–Crippen MR) is 97.7 cm³/mol. The molecule has 0 saturated carbocycles. The first-order valence-corrected chi connectivity index (χ1v) is 8.29. The van der Waals surface area contributed by atoms with Gasteiger partial charge in [-0.3, -0.25) is 15.1 Å². The van der Waals surface area contributed by atoms with Crippen LogP contribution in [0.4, 0.5) is 13.2 Å². The van der Waals surface area contributed by atoms with Crippen molar-refractivity contribution in [2.24, 2.45) is 0 Å². The zero-order valence-electron chi connectivity index (χ0n) is 15.2. The van der Waals surface area contributed by atoms with Gasteiger partial charge in [0.25, 0.3) is 0 Å². The molecule has 3 heterocycles. The van der Waals surface area contributed by atoms with Crippen LogP contribution in [-0.4, -0.2) is 20.1 Å². The molecule has 151 valence electrons. The van der Waals surface area contributed by atoms with E-state index in [1.165, 1.54) is 6.07 Å². The van der Waals surface area contributed by atoms with E-state index >= 15 is 0 Å². The Bertz CT molecular complexity index is 1020. The van der Waals surface area contributed by atoms with E-state index in [2.05, 4.69) is 25.1 Å². The van der Waals surface area contributed by atoms with E-state index in [4.69, 9.17) is 0 Å². The summed E-state index contributed by atoms with van der Waals surface area (Å²) in [6, 6.07) is 12.7. The Morgan fingerprint density at radius 1 is 0.931 bits per heavy atom. The summed E-state index contributed by atoms with van der Waals surface area (Å²) in [5, 5.41) is 7.23. The third kappa shape index (κ3) is 5.79. The van der Waals surface area contributed by atoms with Crippen LogP contribution >= 0.6 is 0 Å². The van der Waals surface area contributed by atoms with Gasteiger partial charge >= 0.3 is 0 Å². The fraction of sp³-hybridized carbons (Fsp3) is 0.100. The minimum Gasteiger partial charge on any atom is -0.418 e. The largest absolute Gasteiger partial charge is 0.418 e. The normalized spacial score (nSPS) is 9.93. The topological polar surface area (TPSA) is 65.7 Å². The van der Waals surface area contributed by atoms with E-state index in [1.807, 2.05) is 6.07 Å². The number of pyridine rings is 2. The van der Waals surface area contributed by atoms with Crippen LogP contribution in [0.25, 0.3) is 22.8 Å². The Kier molecular flexibility index (Phi) is 8.18. The number of benzene rings is 1. The average Bonchev–Trinajstić information content (AvgIpc) is 3.19. The zero-order chi connectivity index (χ0) is 19.9. The summed E-state index contributed by atoms with van der Waals surface area (Å²) >= 11 is 0. The van der Waals surface area contributed by atoms with Gasteiger partial charge in [0.2, 0.25) is 0 Å². The van der Waals surface area contributed by atoms with Crippen molar-refractivity contribution >= 4 is 0 Å². The number of aryl methyl sites for hydroxylation is 1. The number of aromatic nitrogens is 5. The number of alkyl halides is 1. The first-order chi connectivity index (χ1) is 13.6. The molecule has 5 nitrogen and oxygen atoms in total. The van der Waals surface area contributed by atoms with Crippen molar-refractivity contribution in [3.8, 4) is 22.8 Å². The summed E-state index contributed by atoms with van der Waals surface area (Å²) < 4.78 is 38.4. The Morgan fingerprint density at radius 2 is 1.59 bits per heavy atom. The van der Waals surface area contributed by atoms with Crippen LogP contribution in [0.15, 0.2) is 60.9 Å². The fourth-order valence-corrected chi connectivity index (χ4v) is 2.47. The molecule has 0 saturated heterocycles. The minimum atomic E-state index is -0.695. The quantitative estimate of drug-likeness (QED) is 0.365. The van der Waals surface area contributed by atoms with Gasteiger partial charge in [-0.1, -0.05) is 12.1 Å². The zero-order valence-corrected chi connectivity index (χ0v) is 17.6. The molecule has 3 aromatic heterocycles. The van der Waals surface area contributed by atoms with Crippen LogP contribution in [0.2, 0.25) is 0 Å². The van der Waals surface area contributed by atoms with E-state index < -0.39 is 18.3 Å². The molecule has 0 unspecified atom stereocenters. The first kappa shape index (κ1) is 22.4. The predicted octanol–water partition coefficient (Wildman–Crippen LogP) is 4.30. The Hall–Kier alpha value is -2.90. The van der Waals surface area contributed by atoms with Crippen LogP contribution in [0, 0.1) is 18.6 Å². The second-order valence-electron chi connectivity index (χ2n) is 5.69. The standard InChI is InChI=1S/C12H9F2N.C8H6FN4.Ir/c1-8-6-9(13)7-10(14)12(8)11-4-2-3-5-15-11;9-5-7-11-8(13-12-7)6-3-1-2-4-10-6;/h2-7H,1H3;1-4H,5H2;/q;-1;. The summed E-state index contributed by atoms with van der Waals surface area (Å²) in [4.78, 5) is 11.9. The van der Waals surface area contributed by atoms with Gasteiger partial charge in [-0.25, -0.2) is 13.2 Å². The van der Waals surface area contributed by atoms with Crippen molar-refractivity contribution in [3.05, 3.63) is 83.9 Å². The molecule has 0 aliphatic rings. The molecule has 29 heavy (non-hydrogen) atoms. The molecule has 0 aliphatic carbocycles. The summed E-state index contributed by atoms with van der Waals surface area (Å²) in [6.07, 6.45) is 3.21. The van der Waals surface area contributed by atoms with Gasteiger partial charge in [-0.2, -0.15) is 0 Å². The molecular formula is C20H15F3IrN5-. The summed E-state index contributed by atoms with van der Waals surface area (Å²) in [5.74, 6) is -0.676. The van der Waals surface area contributed by atoms with E-state index in [0.717, 1.165) is 6.07 Å². The summed E-state index contributed by atoms with van der Waals surface area (Å²) in [7, 11) is 0. The van der Waals surface area contributed by atoms with Crippen molar-refractivity contribution in [2.75, 3.05) is 0 Å². The molecule has 0 bridgehead atoms. The molecule has 9 heteroatoms. The van der Waals surface area contributed by atoms with Crippen molar-refractivity contribution < 1.29 is 33.3 Å². The van der Waals surface area contributed by atoms with Crippen molar-refractivity contribution in [3.63, 3.8) is 0 Å². The van der Waals surface area contributed by atoms with Crippen molar-refractivity contribution in [1.82, 2.24) is 25.1 Å². The van der Waals surface area contributed by atoms with Crippen LogP contribution in [0.5, 0.6) is 0 Å². The molecule has 0 spiro atoms. The fourth-order valence-electron chi connectivity index (χ4n) is 2.47. The van der Waals surface area contributed by atoms with Gasteiger partial charge in [0.05, 0.1) is 17.2 Å². The van der Waals surface area contributed by atoms with Crippen molar-refractivity contribution in [2.45, 2.75) is 13.6 Å². The number of hydrogen-bond donors (Lipinski definition) is 0. The van der Waals surface area contributed by atoms with Gasteiger partial charge in [-0.05, 0) is 48.6 Å². The van der Waals surface area contributed by atoms with Gasteiger partial charge in [0.15, 0.2) is 0 Å². The Morgan fingerprint density at radius 3 is 2.10 bits per heavy atom. The average molecular weight is 575 g/mol. The van der Waals surface area contributed by atoms with Crippen LogP contribution in [-0.2, 0) is 26.8 Å². The second kappa shape index (κ2) is 10.6. The first-order valence-electron chi connectivity index (χ1n) is 8.29. The van der Waals surface area contributed by atoms with Gasteiger partial charge in [0.1, 0.15) is 18.3 Å².